The van der Waals surface area contributed by atoms with Crippen LogP contribution in [0.2, 0.25) is 0 Å². The minimum absolute atomic E-state index is 0.0573. The van der Waals surface area contributed by atoms with Gasteiger partial charge in [-0.2, -0.15) is 4.98 Å². The topological polar surface area (TPSA) is 83.0 Å². The van der Waals surface area contributed by atoms with Crippen LogP contribution >= 0.6 is 0 Å². The minimum Gasteiger partial charge on any atom is -0.362 e. The van der Waals surface area contributed by atoms with Gasteiger partial charge >= 0.3 is 0 Å². The molecular formula is C26H28N6O. The molecule has 168 valence electrons. The van der Waals surface area contributed by atoms with Crippen molar-refractivity contribution < 1.29 is 4.79 Å². The number of para-hydroxylation sites is 2. The van der Waals surface area contributed by atoms with Gasteiger partial charge in [-0.25, -0.2) is 4.98 Å². The second-order valence-electron chi connectivity index (χ2n) is 8.87. The highest BCUT2D eigenvalue weighted by atomic mass is 16.1. The first-order chi connectivity index (χ1) is 16.1. The number of nitrogens with zero attached hydrogens (tertiary/aromatic N) is 4. The van der Waals surface area contributed by atoms with Crippen molar-refractivity contribution in [2.24, 2.45) is 0 Å². The van der Waals surface area contributed by atoms with E-state index < -0.39 is 0 Å². The van der Waals surface area contributed by atoms with E-state index in [1.807, 2.05) is 73.6 Å². The van der Waals surface area contributed by atoms with E-state index in [1.54, 1.807) is 6.20 Å². The second-order valence-corrected chi connectivity index (χ2v) is 8.87. The molecule has 0 atom stereocenters. The monoisotopic (exact) mass is 440 g/mol. The maximum Gasteiger partial charge on any atom is 0.253 e. The van der Waals surface area contributed by atoms with Crippen LogP contribution in [0.1, 0.15) is 36.0 Å². The fraction of sp³-hybridized carbons (Fsp3) is 0.308. The molecule has 1 aliphatic rings. The predicted molar refractivity (Wildman–Crippen MR) is 133 cm³/mol. The van der Waals surface area contributed by atoms with Crippen molar-refractivity contribution in [3.05, 3.63) is 66.4 Å². The van der Waals surface area contributed by atoms with E-state index in [0.29, 0.717) is 11.5 Å². The Morgan fingerprint density at radius 3 is 2.39 bits per heavy atom. The Labute approximate surface area is 193 Å². The molecule has 0 aliphatic heterocycles. The van der Waals surface area contributed by atoms with E-state index in [4.69, 9.17) is 9.97 Å². The molecule has 2 N–H and O–H groups in total. The first-order valence-corrected chi connectivity index (χ1v) is 11.4. The van der Waals surface area contributed by atoms with Gasteiger partial charge in [0.15, 0.2) is 0 Å². The van der Waals surface area contributed by atoms with E-state index in [9.17, 15) is 4.79 Å². The van der Waals surface area contributed by atoms with Crippen molar-refractivity contribution in [1.29, 1.82) is 0 Å². The predicted octanol–water partition coefficient (Wildman–Crippen LogP) is 4.40. The van der Waals surface area contributed by atoms with E-state index >= 15 is 0 Å². The van der Waals surface area contributed by atoms with Crippen LogP contribution in [-0.4, -0.2) is 47.0 Å². The first-order valence-electron chi connectivity index (χ1n) is 11.4. The van der Waals surface area contributed by atoms with Crippen molar-refractivity contribution in [3.63, 3.8) is 0 Å². The summed E-state index contributed by atoms with van der Waals surface area (Å²) in [7, 11) is 4.00. The molecule has 0 radical (unpaired) electrons. The standard InChI is InChI=1S/C26H28N6O/c1-32(2)24-21-8-4-6-10-23(21)30-26(31-24)29-20-13-11-19(12-14-20)28-25(33)18-15-17-7-3-5-9-22(17)27-16-18/h3-10,15-16,19-20H,11-14H2,1-2H3,(H,28,33)(H,29,30,31). The molecule has 1 amide bonds. The van der Waals surface area contributed by atoms with Crippen LogP contribution in [0, 0.1) is 0 Å². The largest absolute Gasteiger partial charge is 0.362 e. The van der Waals surface area contributed by atoms with Crippen LogP contribution in [0.5, 0.6) is 0 Å². The van der Waals surface area contributed by atoms with Crippen molar-refractivity contribution in [2.45, 2.75) is 37.8 Å². The van der Waals surface area contributed by atoms with Crippen LogP contribution in [0.3, 0.4) is 0 Å². The zero-order valence-corrected chi connectivity index (χ0v) is 19.0. The molecule has 0 spiro atoms. The highest BCUT2D eigenvalue weighted by Crippen LogP contribution is 2.26. The molecule has 1 saturated carbocycles. The summed E-state index contributed by atoms with van der Waals surface area (Å²) in [6.07, 6.45) is 5.39. The number of anilines is 2. The summed E-state index contributed by atoms with van der Waals surface area (Å²) < 4.78 is 0. The van der Waals surface area contributed by atoms with Crippen molar-refractivity contribution in [3.8, 4) is 0 Å². The Kier molecular flexibility index (Phi) is 5.77. The number of rotatable bonds is 5. The molecule has 2 heterocycles. The fourth-order valence-corrected chi connectivity index (χ4v) is 4.49. The van der Waals surface area contributed by atoms with Gasteiger partial charge in [-0.15, -0.1) is 0 Å². The number of hydrogen-bond acceptors (Lipinski definition) is 6. The van der Waals surface area contributed by atoms with Gasteiger partial charge in [0.1, 0.15) is 5.82 Å². The van der Waals surface area contributed by atoms with Gasteiger partial charge in [0.25, 0.3) is 5.91 Å². The summed E-state index contributed by atoms with van der Waals surface area (Å²) in [5, 5.41) is 8.73. The number of amides is 1. The summed E-state index contributed by atoms with van der Waals surface area (Å²) in [5.41, 5.74) is 2.44. The van der Waals surface area contributed by atoms with E-state index in [2.05, 4.69) is 15.6 Å². The van der Waals surface area contributed by atoms with Gasteiger partial charge in [-0.05, 0) is 49.9 Å². The van der Waals surface area contributed by atoms with Crippen molar-refractivity contribution >= 4 is 39.5 Å². The first kappa shape index (κ1) is 21.1. The molecule has 33 heavy (non-hydrogen) atoms. The number of fused-ring (bicyclic) bond motifs is 2. The third-order valence-electron chi connectivity index (χ3n) is 6.26. The number of carbonyl (C=O) groups excluding carboxylic acids is 1. The molecule has 0 saturated heterocycles. The van der Waals surface area contributed by atoms with Crippen LogP contribution in [-0.2, 0) is 0 Å². The number of pyridine rings is 1. The molecular weight excluding hydrogens is 412 g/mol. The number of aromatic nitrogens is 3. The smallest absolute Gasteiger partial charge is 0.253 e. The summed E-state index contributed by atoms with van der Waals surface area (Å²) in [5.74, 6) is 1.51. The molecule has 4 aromatic rings. The second kappa shape index (κ2) is 9.02. The zero-order valence-electron chi connectivity index (χ0n) is 19.0. The lowest BCUT2D eigenvalue weighted by Gasteiger charge is -2.30. The average Bonchev–Trinajstić information content (AvgIpc) is 2.84. The number of carbonyl (C=O) groups is 1. The normalized spacial score (nSPS) is 18.2. The highest BCUT2D eigenvalue weighted by Gasteiger charge is 2.24. The quantitative estimate of drug-likeness (QED) is 0.479. The van der Waals surface area contributed by atoms with Crippen molar-refractivity contribution in [2.75, 3.05) is 24.3 Å². The number of nitrogens with one attached hydrogen (secondary N) is 2. The summed E-state index contributed by atoms with van der Waals surface area (Å²) in [6.45, 7) is 0. The zero-order chi connectivity index (χ0) is 22.8. The lowest BCUT2D eigenvalue weighted by molar-refractivity contribution is 0.0926. The molecule has 1 aliphatic carbocycles. The van der Waals surface area contributed by atoms with Crippen LogP contribution in [0.15, 0.2) is 60.8 Å². The lowest BCUT2D eigenvalue weighted by Crippen LogP contribution is -2.40. The fourth-order valence-electron chi connectivity index (χ4n) is 4.49. The summed E-state index contributed by atoms with van der Waals surface area (Å²) >= 11 is 0. The van der Waals surface area contributed by atoms with Gasteiger partial charge in [-0.1, -0.05) is 30.3 Å². The maximum absolute atomic E-state index is 12.8. The summed E-state index contributed by atoms with van der Waals surface area (Å²) in [6, 6.07) is 18.3. The Morgan fingerprint density at radius 2 is 1.61 bits per heavy atom. The van der Waals surface area contributed by atoms with Crippen molar-refractivity contribution in [1.82, 2.24) is 20.3 Å². The third-order valence-corrected chi connectivity index (χ3v) is 6.26. The maximum atomic E-state index is 12.8. The Hall–Kier alpha value is -3.74. The van der Waals surface area contributed by atoms with Crippen LogP contribution in [0.4, 0.5) is 11.8 Å². The van der Waals surface area contributed by atoms with Crippen LogP contribution < -0.4 is 15.5 Å². The Balaban J connectivity index is 1.21. The van der Waals surface area contributed by atoms with Gasteiger partial charge in [0.05, 0.1) is 16.6 Å². The third kappa shape index (κ3) is 4.58. The van der Waals surface area contributed by atoms with E-state index in [0.717, 1.165) is 53.3 Å². The average molecular weight is 441 g/mol. The molecule has 2 aromatic heterocycles. The molecule has 0 unspecified atom stereocenters. The molecule has 0 bridgehead atoms. The van der Waals surface area contributed by atoms with Gasteiger partial charge in [0.2, 0.25) is 5.95 Å². The Bertz CT molecular complexity index is 1300. The van der Waals surface area contributed by atoms with Gasteiger partial charge in [-0.3, -0.25) is 9.78 Å². The molecule has 2 aromatic carbocycles. The minimum atomic E-state index is -0.0573. The molecule has 7 nitrogen and oxygen atoms in total. The molecule has 7 heteroatoms. The van der Waals surface area contributed by atoms with Gasteiger partial charge in [0, 0.05) is 43.1 Å². The highest BCUT2D eigenvalue weighted by molar-refractivity contribution is 5.97. The van der Waals surface area contributed by atoms with E-state index in [1.165, 1.54) is 0 Å². The number of hydrogen-bond donors (Lipinski definition) is 2. The summed E-state index contributed by atoms with van der Waals surface area (Å²) in [4.78, 5) is 28.7. The van der Waals surface area contributed by atoms with Gasteiger partial charge < -0.3 is 15.5 Å². The SMILES string of the molecule is CN(C)c1nc(NC2CCC(NC(=O)c3cnc4ccccc4c3)CC2)nc2ccccc12. The van der Waals surface area contributed by atoms with Crippen LogP contribution in [0.25, 0.3) is 21.8 Å². The number of benzene rings is 2. The molecule has 1 fully saturated rings. The lowest BCUT2D eigenvalue weighted by atomic mass is 9.91. The Morgan fingerprint density at radius 1 is 0.909 bits per heavy atom. The van der Waals surface area contributed by atoms with E-state index in [-0.39, 0.29) is 18.0 Å². The molecule has 5 rings (SSSR count).